The highest BCUT2D eigenvalue weighted by atomic mass is 16.5. The molecule has 0 bridgehead atoms. The lowest BCUT2D eigenvalue weighted by Crippen LogP contribution is -2.49. The molecule has 0 atom stereocenters. The Bertz CT molecular complexity index is 778. The Balaban J connectivity index is 1.79. The average molecular weight is 343 g/mol. The number of aryl methyl sites for hydroxylation is 2. The summed E-state index contributed by atoms with van der Waals surface area (Å²) < 4.78 is 12.4. The number of carbonyl (C=O) groups excluding carboxylic acids is 1. The molecule has 1 fully saturated rings. The summed E-state index contributed by atoms with van der Waals surface area (Å²) in [6.45, 7) is 2.41. The Hall–Kier alpha value is -2.50. The second kappa shape index (κ2) is 6.78. The van der Waals surface area contributed by atoms with Crippen molar-refractivity contribution in [3.8, 4) is 11.6 Å². The molecule has 1 aliphatic rings. The molecule has 1 saturated carbocycles. The van der Waals surface area contributed by atoms with Gasteiger partial charge < -0.3 is 14.8 Å². The molecule has 2 aromatic rings. The maximum Gasteiger partial charge on any atom is 0.237 e. The van der Waals surface area contributed by atoms with Gasteiger partial charge in [-0.25, -0.2) is 0 Å². The van der Waals surface area contributed by atoms with Crippen LogP contribution in [-0.4, -0.2) is 29.9 Å². The quantitative estimate of drug-likeness (QED) is 0.875. The van der Waals surface area contributed by atoms with Gasteiger partial charge in [-0.05, 0) is 37.0 Å². The van der Waals surface area contributed by atoms with E-state index in [1.807, 2.05) is 38.4 Å². The Morgan fingerprint density at radius 3 is 2.68 bits per heavy atom. The summed E-state index contributed by atoms with van der Waals surface area (Å²) in [4.78, 5) is 13.0. The normalized spacial score (nSPS) is 15.4. The summed E-state index contributed by atoms with van der Waals surface area (Å²) in [5, 5.41) is 7.29. The Morgan fingerprint density at radius 1 is 1.32 bits per heavy atom. The van der Waals surface area contributed by atoms with Crippen molar-refractivity contribution in [1.82, 2.24) is 15.1 Å². The zero-order valence-corrected chi connectivity index (χ0v) is 15.3. The molecular weight excluding hydrogens is 318 g/mol. The van der Waals surface area contributed by atoms with E-state index in [-0.39, 0.29) is 5.91 Å². The number of ether oxygens (including phenoxy) is 2. The molecule has 0 saturated heterocycles. The summed E-state index contributed by atoms with van der Waals surface area (Å²) in [5.74, 6) is 1.42. The number of hydrogen-bond donors (Lipinski definition) is 1. The van der Waals surface area contributed by atoms with Gasteiger partial charge in [-0.1, -0.05) is 18.6 Å². The van der Waals surface area contributed by atoms with Crippen molar-refractivity contribution >= 4 is 5.91 Å². The maximum absolute atomic E-state index is 13.0. The van der Waals surface area contributed by atoms with Crippen LogP contribution in [0.3, 0.4) is 0 Å². The van der Waals surface area contributed by atoms with E-state index in [2.05, 4.69) is 10.4 Å². The van der Waals surface area contributed by atoms with E-state index in [4.69, 9.17) is 9.47 Å². The molecule has 1 heterocycles. The third-order valence-electron chi connectivity index (χ3n) is 5.10. The third kappa shape index (κ3) is 3.08. The van der Waals surface area contributed by atoms with Gasteiger partial charge in [0, 0.05) is 19.8 Å². The molecule has 25 heavy (non-hydrogen) atoms. The second-order valence-corrected chi connectivity index (χ2v) is 6.64. The fraction of sp³-hybridized carbons (Fsp3) is 0.474. The van der Waals surface area contributed by atoms with Gasteiger partial charge in [0.2, 0.25) is 11.8 Å². The first-order valence-electron chi connectivity index (χ1n) is 8.50. The Kier molecular flexibility index (Phi) is 4.70. The van der Waals surface area contributed by atoms with Crippen molar-refractivity contribution in [3.63, 3.8) is 0 Å². The molecule has 6 heteroatoms. The number of carbonyl (C=O) groups is 1. The standard InChI is InChI=1S/C19H25N3O3/c1-13-6-7-15(10-16(13)24-3)19(8-5-9-19)18(23)20-11-14-12-22(2)21-17(14)25-4/h6-7,10,12H,5,8-9,11H2,1-4H3,(H,20,23). The van der Waals surface area contributed by atoms with Crippen molar-refractivity contribution in [1.29, 1.82) is 0 Å². The van der Waals surface area contributed by atoms with Crippen molar-refractivity contribution in [2.75, 3.05) is 14.2 Å². The monoisotopic (exact) mass is 343 g/mol. The predicted octanol–water partition coefficient (Wildman–Crippen LogP) is 2.48. The third-order valence-corrected chi connectivity index (χ3v) is 5.10. The van der Waals surface area contributed by atoms with Crippen LogP contribution < -0.4 is 14.8 Å². The zero-order valence-electron chi connectivity index (χ0n) is 15.3. The number of aromatic nitrogens is 2. The second-order valence-electron chi connectivity index (χ2n) is 6.64. The SMILES string of the molecule is COc1cc(C2(C(=O)NCc3cn(C)nc3OC)CCC2)ccc1C. The number of nitrogens with one attached hydrogen (secondary N) is 1. The minimum absolute atomic E-state index is 0.0514. The predicted molar refractivity (Wildman–Crippen MR) is 94.9 cm³/mol. The molecule has 0 unspecified atom stereocenters. The number of hydrogen-bond acceptors (Lipinski definition) is 4. The smallest absolute Gasteiger partial charge is 0.237 e. The highest BCUT2D eigenvalue weighted by Gasteiger charge is 2.45. The van der Waals surface area contributed by atoms with Crippen LogP contribution in [0, 0.1) is 6.92 Å². The topological polar surface area (TPSA) is 65.4 Å². The van der Waals surface area contributed by atoms with Crippen LogP contribution in [0.2, 0.25) is 0 Å². The molecule has 0 radical (unpaired) electrons. The number of nitrogens with zero attached hydrogens (tertiary/aromatic N) is 2. The number of rotatable bonds is 6. The summed E-state index contributed by atoms with van der Waals surface area (Å²) in [6.07, 6.45) is 4.63. The van der Waals surface area contributed by atoms with E-state index in [1.54, 1.807) is 18.9 Å². The minimum Gasteiger partial charge on any atom is -0.496 e. The van der Waals surface area contributed by atoms with E-state index in [0.29, 0.717) is 12.4 Å². The summed E-state index contributed by atoms with van der Waals surface area (Å²) in [5.41, 5.74) is 2.50. The zero-order chi connectivity index (χ0) is 18.0. The molecule has 0 aliphatic heterocycles. The van der Waals surface area contributed by atoms with E-state index in [1.165, 1.54) is 0 Å². The number of amides is 1. The first kappa shape index (κ1) is 17.3. The summed E-state index contributed by atoms with van der Waals surface area (Å²) in [6, 6.07) is 6.06. The molecule has 0 spiro atoms. The molecule has 1 N–H and O–H groups in total. The van der Waals surface area contributed by atoms with Gasteiger partial charge in [-0.2, -0.15) is 0 Å². The van der Waals surface area contributed by atoms with E-state index in [0.717, 1.165) is 41.7 Å². The van der Waals surface area contributed by atoms with Crippen molar-refractivity contribution in [2.45, 2.75) is 38.1 Å². The molecule has 134 valence electrons. The van der Waals surface area contributed by atoms with Gasteiger partial charge in [-0.3, -0.25) is 9.48 Å². The van der Waals surface area contributed by atoms with Crippen LogP contribution in [0.25, 0.3) is 0 Å². The molecule has 6 nitrogen and oxygen atoms in total. The molecular formula is C19H25N3O3. The van der Waals surface area contributed by atoms with Crippen LogP contribution in [0.5, 0.6) is 11.6 Å². The van der Waals surface area contributed by atoms with Gasteiger partial charge in [-0.15, -0.1) is 5.10 Å². The molecule has 1 aliphatic carbocycles. The molecule has 1 aromatic carbocycles. The van der Waals surface area contributed by atoms with Crippen LogP contribution in [0.1, 0.15) is 36.0 Å². The number of benzene rings is 1. The van der Waals surface area contributed by atoms with E-state index < -0.39 is 5.41 Å². The van der Waals surface area contributed by atoms with Crippen molar-refractivity contribution < 1.29 is 14.3 Å². The van der Waals surface area contributed by atoms with Gasteiger partial charge in [0.15, 0.2) is 0 Å². The van der Waals surface area contributed by atoms with Gasteiger partial charge in [0.25, 0.3) is 0 Å². The Labute approximate surface area is 148 Å². The maximum atomic E-state index is 13.0. The minimum atomic E-state index is -0.462. The fourth-order valence-electron chi connectivity index (χ4n) is 3.45. The van der Waals surface area contributed by atoms with Crippen molar-refractivity contribution in [3.05, 3.63) is 41.1 Å². The van der Waals surface area contributed by atoms with Gasteiger partial charge >= 0.3 is 0 Å². The lowest BCUT2D eigenvalue weighted by molar-refractivity contribution is -0.130. The van der Waals surface area contributed by atoms with E-state index >= 15 is 0 Å². The lowest BCUT2D eigenvalue weighted by Gasteiger charge is -2.41. The number of methoxy groups -OCH3 is 2. The van der Waals surface area contributed by atoms with Gasteiger partial charge in [0.1, 0.15) is 5.75 Å². The van der Waals surface area contributed by atoms with Crippen LogP contribution in [0.4, 0.5) is 0 Å². The first-order valence-corrected chi connectivity index (χ1v) is 8.50. The summed E-state index contributed by atoms with van der Waals surface area (Å²) in [7, 11) is 5.08. The average Bonchev–Trinajstić information content (AvgIpc) is 2.93. The van der Waals surface area contributed by atoms with Gasteiger partial charge in [0.05, 0.1) is 25.2 Å². The highest BCUT2D eigenvalue weighted by Crippen LogP contribution is 2.45. The molecule has 1 aromatic heterocycles. The fourth-order valence-corrected chi connectivity index (χ4v) is 3.45. The largest absolute Gasteiger partial charge is 0.496 e. The molecule has 1 amide bonds. The lowest BCUT2D eigenvalue weighted by atomic mass is 9.63. The highest BCUT2D eigenvalue weighted by molar-refractivity contribution is 5.89. The first-order chi connectivity index (χ1) is 12.0. The van der Waals surface area contributed by atoms with Crippen LogP contribution in [-0.2, 0) is 23.8 Å². The van der Waals surface area contributed by atoms with Crippen LogP contribution >= 0.6 is 0 Å². The summed E-state index contributed by atoms with van der Waals surface area (Å²) >= 11 is 0. The molecule has 3 rings (SSSR count). The van der Waals surface area contributed by atoms with Crippen LogP contribution in [0.15, 0.2) is 24.4 Å². The van der Waals surface area contributed by atoms with Crippen molar-refractivity contribution in [2.24, 2.45) is 7.05 Å². The Morgan fingerprint density at radius 2 is 2.08 bits per heavy atom. The van der Waals surface area contributed by atoms with E-state index in [9.17, 15) is 4.79 Å².